The topological polar surface area (TPSA) is 89.2 Å². The molecule has 4 aromatic rings. The normalized spacial score (nSPS) is 10.8. The minimum atomic E-state index is -0.442. The van der Waals surface area contributed by atoms with Crippen molar-refractivity contribution in [1.29, 1.82) is 0 Å². The van der Waals surface area contributed by atoms with E-state index in [0.29, 0.717) is 20.9 Å². The van der Waals surface area contributed by atoms with Gasteiger partial charge in [0.25, 0.3) is 11.6 Å². The first-order valence-electron chi connectivity index (χ1n) is 8.96. The molecule has 0 radical (unpaired) electrons. The van der Waals surface area contributed by atoms with E-state index in [4.69, 9.17) is 0 Å². The molecule has 2 aromatic carbocycles. The number of nitro groups is 1. The van der Waals surface area contributed by atoms with Gasteiger partial charge in [-0.2, -0.15) is 0 Å². The number of pyridine rings is 1. The zero-order valence-corrected chi connectivity index (χ0v) is 17.5. The number of aromatic nitrogens is 2. The van der Waals surface area contributed by atoms with Crippen molar-refractivity contribution in [2.24, 2.45) is 0 Å². The first-order valence-corrected chi connectivity index (χ1v) is 11.0. The molecular weight excluding hydrogens is 420 g/mol. The smallest absolute Gasteiger partial charge is 0.270 e. The van der Waals surface area contributed by atoms with E-state index in [2.05, 4.69) is 9.97 Å². The molecule has 0 N–H and O–H groups in total. The van der Waals surface area contributed by atoms with Crippen LogP contribution < -0.4 is 4.90 Å². The van der Waals surface area contributed by atoms with Crippen LogP contribution in [0.5, 0.6) is 0 Å². The Balaban J connectivity index is 1.75. The number of nitro benzene ring substituents is 1. The van der Waals surface area contributed by atoms with E-state index in [1.54, 1.807) is 41.1 Å². The van der Waals surface area contributed by atoms with E-state index in [9.17, 15) is 14.9 Å². The molecular formula is C21H16N4O3S2. The Labute approximate surface area is 180 Å². The lowest BCUT2D eigenvalue weighted by molar-refractivity contribution is -0.384. The number of thioether (sulfide) groups is 1. The van der Waals surface area contributed by atoms with Crippen molar-refractivity contribution in [2.75, 3.05) is 11.2 Å². The predicted molar refractivity (Wildman–Crippen MR) is 119 cm³/mol. The fourth-order valence-electron chi connectivity index (χ4n) is 2.90. The van der Waals surface area contributed by atoms with Crippen LogP contribution in [-0.4, -0.2) is 27.1 Å². The molecule has 30 heavy (non-hydrogen) atoms. The van der Waals surface area contributed by atoms with Gasteiger partial charge in [-0.1, -0.05) is 17.4 Å². The van der Waals surface area contributed by atoms with E-state index in [-0.39, 0.29) is 18.1 Å². The molecule has 9 heteroatoms. The molecule has 2 aromatic heterocycles. The minimum Gasteiger partial charge on any atom is -0.278 e. The molecule has 0 atom stereocenters. The van der Waals surface area contributed by atoms with Crippen molar-refractivity contribution in [3.05, 3.63) is 88.2 Å². The third kappa shape index (κ3) is 4.17. The van der Waals surface area contributed by atoms with E-state index >= 15 is 0 Å². The van der Waals surface area contributed by atoms with E-state index in [0.717, 1.165) is 10.6 Å². The van der Waals surface area contributed by atoms with Crippen LogP contribution in [-0.2, 0) is 6.54 Å². The molecule has 0 spiro atoms. The molecule has 4 rings (SSSR count). The fourth-order valence-corrected chi connectivity index (χ4v) is 4.30. The third-order valence-corrected chi connectivity index (χ3v) is 6.22. The molecule has 2 heterocycles. The molecule has 0 fully saturated rings. The Morgan fingerprint density at radius 3 is 2.63 bits per heavy atom. The van der Waals surface area contributed by atoms with Gasteiger partial charge in [0.1, 0.15) is 0 Å². The lowest BCUT2D eigenvalue weighted by Gasteiger charge is -2.19. The molecule has 0 unspecified atom stereocenters. The molecule has 7 nitrogen and oxygen atoms in total. The number of rotatable bonds is 6. The van der Waals surface area contributed by atoms with Crippen molar-refractivity contribution in [2.45, 2.75) is 11.4 Å². The van der Waals surface area contributed by atoms with Gasteiger partial charge in [0.15, 0.2) is 5.13 Å². The van der Waals surface area contributed by atoms with Gasteiger partial charge in [-0.3, -0.25) is 24.8 Å². The quantitative estimate of drug-likeness (QED) is 0.235. The number of thiazole rings is 1. The largest absolute Gasteiger partial charge is 0.278 e. The molecule has 0 bridgehead atoms. The van der Waals surface area contributed by atoms with Gasteiger partial charge < -0.3 is 0 Å². The van der Waals surface area contributed by atoms with Crippen molar-refractivity contribution in [3.8, 4) is 0 Å². The second kappa shape index (κ2) is 8.60. The highest BCUT2D eigenvalue weighted by Crippen LogP contribution is 2.33. The minimum absolute atomic E-state index is 0.00652. The summed E-state index contributed by atoms with van der Waals surface area (Å²) < 4.78 is 0.649. The van der Waals surface area contributed by atoms with Gasteiger partial charge in [-0.15, -0.1) is 11.8 Å². The number of carbonyl (C=O) groups is 1. The Kier molecular flexibility index (Phi) is 5.73. The number of hydrogen-bond donors (Lipinski definition) is 0. The van der Waals surface area contributed by atoms with Gasteiger partial charge in [0, 0.05) is 28.8 Å². The van der Waals surface area contributed by atoms with Crippen molar-refractivity contribution in [1.82, 2.24) is 9.97 Å². The first kappa shape index (κ1) is 20.0. The van der Waals surface area contributed by atoms with Crippen LogP contribution in [0.3, 0.4) is 0 Å². The van der Waals surface area contributed by atoms with E-state index < -0.39 is 4.92 Å². The molecule has 0 aliphatic carbocycles. The fraction of sp³-hybridized carbons (Fsp3) is 0.0952. The Bertz CT molecular complexity index is 1210. The number of amides is 1. The predicted octanol–water partition coefficient (Wildman–Crippen LogP) is 5.17. The number of anilines is 1. The van der Waals surface area contributed by atoms with Gasteiger partial charge in [0.05, 0.1) is 27.4 Å². The van der Waals surface area contributed by atoms with Crippen LogP contribution in [0.15, 0.2) is 71.8 Å². The maximum Gasteiger partial charge on any atom is 0.270 e. The van der Waals surface area contributed by atoms with E-state index in [1.165, 1.54) is 23.5 Å². The number of non-ortho nitro benzene ring substituents is 1. The lowest BCUT2D eigenvalue weighted by Crippen LogP contribution is -2.30. The monoisotopic (exact) mass is 436 g/mol. The highest BCUT2D eigenvalue weighted by atomic mass is 32.2. The average molecular weight is 437 g/mol. The van der Waals surface area contributed by atoms with Gasteiger partial charge in [-0.05, 0) is 48.7 Å². The van der Waals surface area contributed by atoms with Crippen LogP contribution >= 0.6 is 23.1 Å². The number of hydrogen-bond acceptors (Lipinski definition) is 7. The molecule has 0 saturated heterocycles. The maximum absolute atomic E-state index is 13.4. The molecule has 1 amide bonds. The first-order chi connectivity index (χ1) is 14.5. The number of nitrogens with zero attached hydrogens (tertiary/aromatic N) is 4. The summed E-state index contributed by atoms with van der Waals surface area (Å²) in [6.07, 6.45) is 3.65. The molecule has 0 aliphatic heterocycles. The zero-order chi connectivity index (χ0) is 21.1. The van der Waals surface area contributed by atoms with Crippen LogP contribution in [0.1, 0.15) is 16.1 Å². The Morgan fingerprint density at radius 1 is 1.17 bits per heavy atom. The highest BCUT2D eigenvalue weighted by Gasteiger charge is 2.23. The molecule has 150 valence electrons. The van der Waals surface area contributed by atoms with E-state index in [1.807, 2.05) is 36.6 Å². The summed E-state index contributed by atoms with van der Waals surface area (Å²) in [5.74, 6) is -0.207. The Morgan fingerprint density at radius 2 is 1.97 bits per heavy atom. The van der Waals surface area contributed by atoms with Gasteiger partial charge in [-0.25, -0.2) is 4.98 Å². The van der Waals surface area contributed by atoms with Gasteiger partial charge in [0.2, 0.25) is 0 Å². The standard InChI is InChI=1S/C21H16N4O3S2/c1-29-17-8-5-14(6-9-17)20(26)24(13-15-4-2-3-11-22-15)21-23-18-10-7-16(25(27)28)12-19(18)30-21/h2-12H,13H2,1H3. The summed E-state index contributed by atoms with van der Waals surface area (Å²) in [6.45, 7) is 0.242. The zero-order valence-electron chi connectivity index (χ0n) is 15.9. The molecule has 0 aliphatic rings. The van der Waals surface area contributed by atoms with Crippen molar-refractivity contribution >= 4 is 50.0 Å². The van der Waals surface area contributed by atoms with Crippen LogP contribution in [0, 0.1) is 10.1 Å². The summed E-state index contributed by atoms with van der Waals surface area (Å²) >= 11 is 2.85. The Hall–Kier alpha value is -3.30. The number of benzene rings is 2. The lowest BCUT2D eigenvalue weighted by atomic mass is 10.2. The summed E-state index contributed by atoms with van der Waals surface area (Å²) in [4.78, 5) is 35.5. The van der Waals surface area contributed by atoms with Crippen molar-refractivity contribution in [3.63, 3.8) is 0 Å². The number of fused-ring (bicyclic) bond motifs is 1. The van der Waals surface area contributed by atoms with Gasteiger partial charge >= 0.3 is 0 Å². The second-order valence-electron chi connectivity index (χ2n) is 6.35. The summed E-state index contributed by atoms with van der Waals surface area (Å²) in [5, 5.41) is 11.6. The maximum atomic E-state index is 13.4. The third-order valence-electron chi connectivity index (χ3n) is 4.43. The number of carbonyl (C=O) groups excluding carboxylic acids is 1. The molecule has 0 saturated carbocycles. The summed E-state index contributed by atoms with van der Waals surface area (Å²) in [6, 6.07) is 17.4. The SMILES string of the molecule is CSc1ccc(C(=O)N(Cc2ccccn2)c2nc3ccc([N+](=O)[O-])cc3s2)cc1. The summed E-state index contributed by atoms with van der Waals surface area (Å²) in [5.41, 5.74) is 1.86. The van der Waals surface area contributed by atoms with Crippen LogP contribution in [0.2, 0.25) is 0 Å². The second-order valence-corrected chi connectivity index (χ2v) is 8.24. The van der Waals surface area contributed by atoms with Crippen molar-refractivity contribution < 1.29 is 9.72 Å². The average Bonchev–Trinajstić information content (AvgIpc) is 3.21. The highest BCUT2D eigenvalue weighted by molar-refractivity contribution is 7.98. The summed E-state index contributed by atoms with van der Waals surface area (Å²) in [7, 11) is 0. The van der Waals surface area contributed by atoms with Crippen LogP contribution in [0.25, 0.3) is 10.2 Å². The van der Waals surface area contributed by atoms with Crippen LogP contribution in [0.4, 0.5) is 10.8 Å².